The van der Waals surface area contributed by atoms with Crippen LogP contribution in [-0.4, -0.2) is 14.6 Å². The number of aldehydes is 1. The van der Waals surface area contributed by atoms with E-state index >= 15 is 0 Å². The predicted molar refractivity (Wildman–Crippen MR) is 110 cm³/mol. The minimum Gasteiger partial charge on any atom is -0.543 e. The van der Waals surface area contributed by atoms with Gasteiger partial charge in [-0.2, -0.15) is 0 Å². The van der Waals surface area contributed by atoms with Crippen molar-refractivity contribution in [3.05, 3.63) is 41.2 Å². The lowest BCUT2D eigenvalue weighted by Crippen LogP contribution is -2.43. The topological polar surface area (TPSA) is 39.4 Å². The van der Waals surface area contributed by atoms with Crippen molar-refractivity contribution in [2.45, 2.75) is 71.0 Å². The lowest BCUT2D eigenvalue weighted by Gasteiger charge is -2.36. The average molecular weight is 371 g/mol. The average Bonchev–Trinajstić information content (AvgIpc) is 2.92. The second-order valence-corrected chi connectivity index (χ2v) is 13.7. The molecule has 26 heavy (non-hydrogen) atoms. The SMILES string of the molecule is C/C(C=O)=C\[C@@H]1CCCc2oc3ccc(O[Si](C)(C)C(C)(C)C)cc3c21. The quantitative estimate of drug-likeness (QED) is 0.356. The summed E-state index contributed by atoms with van der Waals surface area (Å²) in [5, 5.41) is 1.29. The maximum atomic E-state index is 11.1. The summed E-state index contributed by atoms with van der Waals surface area (Å²) in [6, 6.07) is 6.20. The van der Waals surface area contributed by atoms with Crippen LogP contribution in [0.5, 0.6) is 5.75 Å². The number of aryl methyl sites for hydroxylation is 1. The highest BCUT2D eigenvalue weighted by Gasteiger charge is 2.39. The smallest absolute Gasteiger partial charge is 0.250 e. The van der Waals surface area contributed by atoms with Gasteiger partial charge < -0.3 is 8.84 Å². The molecular weight excluding hydrogens is 340 g/mol. The molecule has 0 saturated heterocycles. The molecule has 0 aliphatic heterocycles. The van der Waals surface area contributed by atoms with Crippen LogP contribution in [0.3, 0.4) is 0 Å². The van der Waals surface area contributed by atoms with E-state index in [1.807, 2.05) is 19.1 Å². The van der Waals surface area contributed by atoms with E-state index in [2.05, 4.69) is 46.0 Å². The van der Waals surface area contributed by atoms with Crippen molar-refractivity contribution >= 4 is 25.6 Å². The van der Waals surface area contributed by atoms with Gasteiger partial charge in [-0.05, 0) is 61.7 Å². The van der Waals surface area contributed by atoms with Gasteiger partial charge in [-0.1, -0.05) is 26.8 Å². The first-order valence-corrected chi connectivity index (χ1v) is 12.4. The Labute approximate surface area is 157 Å². The number of furan rings is 1. The highest BCUT2D eigenvalue weighted by Crippen LogP contribution is 2.43. The van der Waals surface area contributed by atoms with Crippen molar-refractivity contribution in [3.8, 4) is 5.75 Å². The van der Waals surface area contributed by atoms with E-state index in [-0.39, 0.29) is 11.0 Å². The van der Waals surface area contributed by atoms with Crippen LogP contribution in [0, 0.1) is 0 Å². The Hall–Kier alpha value is -1.81. The molecule has 4 heteroatoms. The molecule has 0 spiro atoms. The van der Waals surface area contributed by atoms with Gasteiger partial charge in [0.1, 0.15) is 23.4 Å². The number of fused-ring (bicyclic) bond motifs is 3. The predicted octanol–water partition coefficient (Wildman–Crippen LogP) is 6.38. The molecule has 1 aromatic heterocycles. The Morgan fingerprint density at radius 3 is 2.69 bits per heavy atom. The molecule has 1 aliphatic carbocycles. The van der Waals surface area contributed by atoms with Crippen LogP contribution in [0.4, 0.5) is 0 Å². The van der Waals surface area contributed by atoms with Crippen molar-refractivity contribution < 1.29 is 13.6 Å². The first kappa shape index (κ1) is 19.0. The summed E-state index contributed by atoms with van der Waals surface area (Å²) in [6.45, 7) is 13.2. The first-order valence-electron chi connectivity index (χ1n) is 9.50. The third-order valence-corrected chi connectivity index (χ3v) is 10.3. The van der Waals surface area contributed by atoms with Gasteiger partial charge in [0.15, 0.2) is 0 Å². The largest absolute Gasteiger partial charge is 0.543 e. The van der Waals surface area contributed by atoms with Crippen molar-refractivity contribution in [1.82, 2.24) is 0 Å². The van der Waals surface area contributed by atoms with Gasteiger partial charge >= 0.3 is 0 Å². The van der Waals surface area contributed by atoms with Crippen molar-refractivity contribution in [2.24, 2.45) is 0 Å². The third-order valence-electron chi connectivity index (χ3n) is 5.89. The molecule has 140 valence electrons. The second-order valence-electron chi connectivity index (χ2n) is 8.99. The molecule has 1 aliphatic rings. The van der Waals surface area contributed by atoms with Gasteiger partial charge in [-0.15, -0.1) is 0 Å². The Balaban J connectivity index is 2.05. The standard InChI is InChI=1S/C22H30O3Si/c1-15(14-23)12-16-8-7-9-20-21(16)18-13-17(10-11-19(18)24-20)25-26(5,6)22(2,3)4/h10-14,16H,7-9H2,1-6H3/b15-12+/t16-/m0/s1. The van der Waals surface area contributed by atoms with Crippen LogP contribution >= 0.6 is 0 Å². The van der Waals surface area contributed by atoms with Crippen LogP contribution in [-0.2, 0) is 11.2 Å². The van der Waals surface area contributed by atoms with Gasteiger partial charge in [0.05, 0.1) is 0 Å². The van der Waals surface area contributed by atoms with Crippen molar-refractivity contribution in [2.75, 3.05) is 0 Å². The minimum absolute atomic E-state index is 0.157. The second kappa shape index (κ2) is 6.73. The zero-order chi connectivity index (χ0) is 19.1. The molecule has 0 amide bonds. The van der Waals surface area contributed by atoms with Crippen molar-refractivity contribution in [1.29, 1.82) is 0 Å². The molecule has 2 aromatic rings. The molecule has 3 nitrogen and oxygen atoms in total. The van der Waals surface area contributed by atoms with Gasteiger partial charge in [0, 0.05) is 23.3 Å². The number of hydrogen-bond acceptors (Lipinski definition) is 3. The number of hydrogen-bond donors (Lipinski definition) is 0. The zero-order valence-corrected chi connectivity index (χ0v) is 17.8. The van der Waals surface area contributed by atoms with Crippen LogP contribution < -0.4 is 4.43 Å². The summed E-state index contributed by atoms with van der Waals surface area (Å²) in [4.78, 5) is 11.1. The van der Waals surface area contributed by atoms with Gasteiger partial charge in [0.25, 0.3) is 0 Å². The highest BCUT2D eigenvalue weighted by atomic mass is 28.4. The first-order chi connectivity index (χ1) is 12.1. The van der Waals surface area contributed by atoms with Crippen LogP contribution in [0.15, 0.2) is 34.3 Å². The lowest BCUT2D eigenvalue weighted by molar-refractivity contribution is -0.104. The van der Waals surface area contributed by atoms with E-state index in [4.69, 9.17) is 8.84 Å². The third kappa shape index (κ3) is 3.52. The lowest BCUT2D eigenvalue weighted by atomic mass is 9.84. The van der Waals surface area contributed by atoms with Crippen LogP contribution in [0.25, 0.3) is 11.0 Å². The van der Waals surface area contributed by atoms with E-state index in [9.17, 15) is 4.79 Å². The number of allylic oxidation sites excluding steroid dienone is 2. The molecule has 0 fully saturated rings. The highest BCUT2D eigenvalue weighted by molar-refractivity contribution is 6.74. The summed E-state index contributed by atoms with van der Waals surface area (Å²) in [5.41, 5.74) is 2.95. The zero-order valence-electron chi connectivity index (χ0n) is 16.8. The van der Waals surface area contributed by atoms with E-state index in [1.165, 1.54) is 5.56 Å². The Kier molecular flexibility index (Phi) is 4.91. The fourth-order valence-electron chi connectivity index (χ4n) is 3.40. The molecule has 1 atom stereocenters. The Morgan fingerprint density at radius 1 is 1.31 bits per heavy atom. The summed E-state index contributed by atoms with van der Waals surface area (Å²) in [5.74, 6) is 2.23. The molecule has 1 heterocycles. The molecule has 3 rings (SSSR count). The normalized spacial score (nSPS) is 18.7. The van der Waals surface area contributed by atoms with Gasteiger partial charge in [0.2, 0.25) is 8.32 Å². The summed E-state index contributed by atoms with van der Waals surface area (Å²) in [6.07, 6.45) is 6.13. The summed E-state index contributed by atoms with van der Waals surface area (Å²) < 4.78 is 12.6. The van der Waals surface area contributed by atoms with Crippen LogP contribution in [0.1, 0.15) is 57.8 Å². The van der Waals surface area contributed by atoms with E-state index in [0.29, 0.717) is 0 Å². The number of carbonyl (C=O) groups excluding carboxylic acids is 1. The van der Waals surface area contributed by atoms with Gasteiger partial charge in [-0.25, -0.2) is 0 Å². The molecule has 0 unspecified atom stereocenters. The van der Waals surface area contributed by atoms with Crippen molar-refractivity contribution in [3.63, 3.8) is 0 Å². The molecule has 0 radical (unpaired) electrons. The fraction of sp³-hybridized carbons (Fsp3) is 0.500. The molecule has 0 N–H and O–H groups in total. The monoisotopic (exact) mass is 370 g/mol. The number of rotatable bonds is 4. The van der Waals surface area contributed by atoms with E-state index in [1.54, 1.807) is 0 Å². The maximum absolute atomic E-state index is 11.1. The summed E-state index contributed by atoms with van der Waals surface area (Å²) >= 11 is 0. The Bertz CT molecular complexity index is 852. The van der Waals surface area contributed by atoms with E-state index < -0.39 is 8.32 Å². The van der Waals surface area contributed by atoms with Crippen LogP contribution in [0.2, 0.25) is 18.1 Å². The number of benzene rings is 1. The minimum atomic E-state index is -1.89. The molecular formula is C22H30O3Si. The summed E-state index contributed by atoms with van der Waals surface area (Å²) in [7, 11) is -1.89. The van der Waals surface area contributed by atoms with E-state index in [0.717, 1.165) is 53.6 Å². The molecule has 0 bridgehead atoms. The maximum Gasteiger partial charge on any atom is 0.250 e. The van der Waals surface area contributed by atoms with Gasteiger partial charge in [-0.3, -0.25) is 4.79 Å². The molecule has 1 aromatic carbocycles. The fourth-order valence-corrected chi connectivity index (χ4v) is 4.42. The Morgan fingerprint density at radius 2 is 2.04 bits per heavy atom. The number of carbonyl (C=O) groups is 1. The molecule has 0 saturated carbocycles.